The maximum Gasteiger partial charge on any atom is 0.488 e. The van der Waals surface area contributed by atoms with Gasteiger partial charge in [0.1, 0.15) is 0 Å². The molecule has 0 fully saturated rings. The van der Waals surface area contributed by atoms with Crippen molar-refractivity contribution >= 4 is 23.4 Å². The maximum atomic E-state index is 12.1. The predicted molar refractivity (Wildman–Crippen MR) is 79.6 cm³/mol. The lowest BCUT2D eigenvalue weighted by Gasteiger charge is -2.04. The van der Waals surface area contributed by atoms with Crippen LogP contribution in [0.5, 0.6) is 0 Å². The van der Waals surface area contributed by atoms with E-state index in [0.29, 0.717) is 16.1 Å². The fourth-order valence-electron chi connectivity index (χ4n) is 1.60. The monoisotopic (exact) mass is 276 g/mol. The third kappa shape index (κ3) is 4.31. The van der Waals surface area contributed by atoms with Gasteiger partial charge in [-0.05, 0) is 23.2 Å². The molecule has 2 aromatic carbocycles. The summed E-state index contributed by atoms with van der Waals surface area (Å²) in [6, 6.07) is 16.1. The van der Waals surface area contributed by atoms with Crippen LogP contribution in [0.3, 0.4) is 0 Å². The molecule has 2 N–H and O–H groups in total. The molecule has 19 heavy (non-hydrogen) atoms. The molecular weight excluding hydrogens is 259 g/mol. The van der Waals surface area contributed by atoms with Crippen molar-refractivity contribution in [1.29, 1.82) is 0 Å². The van der Waals surface area contributed by atoms with E-state index < -0.39 is 17.9 Å². The summed E-state index contributed by atoms with van der Waals surface area (Å²) in [5.74, 6) is 0.460. The fraction of sp³-hybridized carbons (Fsp3) is 0.143. The van der Waals surface area contributed by atoms with Gasteiger partial charge in [-0.15, -0.1) is 0 Å². The first kappa shape index (κ1) is 15.6. The van der Waals surface area contributed by atoms with Crippen LogP contribution in [0.25, 0.3) is 0 Å². The minimum Gasteiger partial charge on any atom is -0.423 e. The van der Waals surface area contributed by atoms with E-state index >= 15 is 0 Å². The van der Waals surface area contributed by atoms with Crippen molar-refractivity contribution in [1.82, 2.24) is 0 Å². The Morgan fingerprint density at radius 3 is 2.05 bits per heavy atom. The van der Waals surface area contributed by atoms with E-state index in [-0.39, 0.29) is 7.43 Å². The smallest absolute Gasteiger partial charge is 0.423 e. The van der Waals surface area contributed by atoms with Crippen molar-refractivity contribution < 1.29 is 14.3 Å². The predicted octanol–water partition coefficient (Wildman–Crippen LogP) is 1.31. The summed E-state index contributed by atoms with van der Waals surface area (Å²) in [7, 11) is -2.60. The molecular formula is C14H17BO3S. The summed E-state index contributed by atoms with van der Waals surface area (Å²) >= 11 is 0. The molecule has 2 aromatic rings. The van der Waals surface area contributed by atoms with E-state index in [2.05, 4.69) is 0 Å². The number of rotatable bonds is 4. The Hall–Kier alpha value is -1.43. The van der Waals surface area contributed by atoms with E-state index in [1.54, 1.807) is 24.3 Å². The largest absolute Gasteiger partial charge is 0.488 e. The Labute approximate surface area is 116 Å². The van der Waals surface area contributed by atoms with Crippen LogP contribution in [0.4, 0.5) is 0 Å². The third-order valence-corrected chi connectivity index (χ3v) is 3.98. The fourth-order valence-corrected chi connectivity index (χ4v) is 2.70. The first-order valence-corrected chi connectivity index (χ1v) is 6.87. The van der Waals surface area contributed by atoms with E-state index in [1.165, 1.54) is 0 Å². The van der Waals surface area contributed by atoms with Crippen molar-refractivity contribution in [3.05, 3.63) is 60.2 Å². The summed E-state index contributed by atoms with van der Waals surface area (Å²) in [6.45, 7) is 0. The standard InChI is InChI=1S/C13H13BO3S.CH4/c15-14(16)12-6-8-13(9-7-12)18(17)10-11-4-2-1-3-5-11;/h1-9,15-16H,10H2;1H4. The summed E-state index contributed by atoms with van der Waals surface area (Å²) in [6.07, 6.45) is 0. The van der Waals surface area contributed by atoms with Gasteiger partial charge in [-0.2, -0.15) is 0 Å². The van der Waals surface area contributed by atoms with Gasteiger partial charge in [-0.25, -0.2) is 0 Å². The Morgan fingerprint density at radius 1 is 0.947 bits per heavy atom. The van der Waals surface area contributed by atoms with Crippen LogP contribution in [-0.2, 0) is 16.6 Å². The Morgan fingerprint density at radius 2 is 1.53 bits per heavy atom. The van der Waals surface area contributed by atoms with Crippen molar-refractivity contribution in [2.45, 2.75) is 18.1 Å². The second-order valence-corrected chi connectivity index (χ2v) is 5.37. The number of benzene rings is 2. The molecule has 2 rings (SSSR count). The zero-order valence-electron chi connectivity index (χ0n) is 9.69. The molecule has 0 aliphatic rings. The topological polar surface area (TPSA) is 57.5 Å². The number of hydrogen-bond acceptors (Lipinski definition) is 3. The first-order chi connectivity index (χ1) is 8.66. The first-order valence-electron chi connectivity index (χ1n) is 5.55. The molecule has 100 valence electrons. The molecule has 0 amide bonds. The number of hydrogen-bond donors (Lipinski definition) is 2. The summed E-state index contributed by atoms with van der Waals surface area (Å²) in [5.41, 5.74) is 1.41. The third-order valence-electron chi connectivity index (χ3n) is 2.58. The van der Waals surface area contributed by atoms with Crippen LogP contribution in [0.2, 0.25) is 0 Å². The van der Waals surface area contributed by atoms with Crippen molar-refractivity contribution in [3.8, 4) is 0 Å². The zero-order chi connectivity index (χ0) is 13.0. The van der Waals surface area contributed by atoms with E-state index in [0.717, 1.165) is 5.56 Å². The molecule has 0 heterocycles. The minimum atomic E-state index is -1.48. The average molecular weight is 276 g/mol. The van der Waals surface area contributed by atoms with Gasteiger partial charge in [0.25, 0.3) is 0 Å². The highest BCUT2D eigenvalue weighted by Crippen LogP contribution is 2.11. The molecule has 0 aliphatic heterocycles. The van der Waals surface area contributed by atoms with Gasteiger partial charge >= 0.3 is 7.12 Å². The van der Waals surface area contributed by atoms with E-state index in [9.17, 15) is 4.21 Å². The second-order valence-electron chi connectivity index (χ2n) is 3.92. The van der Waals surface area contributed by atoms with Gasteiger partial charge in [0.2, 0.25) is 0 Å². The summed E-state index contributed by atoms with van der Waals surface area (Å²) in [4.78, 5) is 0.684. The highest BCUT2D eigenvalue weighted by molar-refractivity contribution is 7.84. The summed E-state index contributed by atoms with van der Waals surface area (Å²) in [5, 5.41) is 17.9. The van der Waals surface area contributed by atoms with E-state index in [4.69, 9.17) is 10.0 Å². The van der Waals surface area contributed by atoms with Gasteiger partial charge in [0.05, 0.1) is 16.6 Å². The SMILES string of the molecule is C.O=S(Cc1ccccc1)c1ccc(B(O)O)cc1. The molecule has 3 nitrogen and oxygen atoms in total. The van der Waals surface area contributed by atoms with Crippen molar-refractivity contribution in [3.63, 3.8) is 0 Å². The zero-order valence-corrected chi connectivity index (χ0v) is 10.5. The lowest BCUT2D eigenvalue weighted by atomic mass is 9.81. The van der Waals surface area contributed by atoms with Crippen molar-refractivity contribution in [2.75, 3.05) is 0 Å². The molecule has 0 aromatic heterocycles. The van der Waals surface area contributed by atoms with Gasteiger partial charge in [-0.3, -0.25) is 4.21 Å². The second kappa shape index (κ2) is 7.23. The molecule has 1 atom stereocenters. The lowest BCUT2D eigenvalue weighted by molar-refractivity contribution is 0.425. The normalized spacial score (nSPS) is 11.5. The molecule has 0 spiro atoms. The van der Waals surface area contributed by atoms with Gasteiger partial charge in [-0.1, -0.05) is 49.9 Å². The highest BCUT2D eigenvalue weighted by Gasteiger charge is 2.11. The average Bonchev–Trinajstić information content (AvgIpc) is 2.40. The van der Waals surface area contributed by atoms with Gasteiger partial charge in [0.15, 0.2) is 0 Å². The quantitative estimate of drug-likeness (QED) is 0.828. The minimum absolute atomic E-state index is 0. The van der Waals surface area contributed by atoms with Crippen LogP contribution in [0.15, 0.2) is 59.5 Å². The Bertz CT molecular complexity index is 526. The lowest BCUT2D eigenvalue weighted by Crippen LogP contribution is -2.29. The Balaban J connectivity index is 0.00000180. The molecule has 0 radical (unpaired) electrons. The van der Waals surface area contributed by atoms with Gasteiger partial charge < -0.3 is 10.0 Å². The molecule has 0 saturated carbocycles. The molecule has 0 aliphatic carbocycles. The van der Waals surface area contributed by atoms with Crippen LogP contribution in [0.1, 0.15) is 13.0 Å². The molecule has 0 saturated heterocycles. The highest BCUT2D eigenvalue weighted by atomic mass is 32.2. The maximum absolute atomic E-state index is 12.1. The van der Waals surface area contributed by atoms with Crippen LogP contribution in [0, 0.1) is 0 Å². The van der Waals surface area contributed by atoms with Crippen LogP contribution in [-0.4, -0.2) is 21.4 Å². The van der Waals surface area contributed by atoms with Crippen LogP contribution >= 0.6 is 0 Å². The van der Waals surface area contributed by atoms with E-state index in [1.807, 2.05) is 30.3 Å². The molecule has 5 heteroatoms. The van der Waals surface area contributed by atoms with Crippen LogP contribution < -0.4 is 5.46 Å². The molecule has 1 unspecified atom stereocenters. The van der Waals surface area contributed by atoms with Gasteiger partial charge in [0, 0.05) is 4.90 Å². The molecule has 0 bridgehead atoms. The Kier molecular flexibility index (Phi) is 5.95. The summed E-state index contributed by atoms with van der Waals surface area (Å²) < 4.78 is 12.1. The van der Waals surface area contributed by atoms with Crippen molar-refractivity contribution in [2.24, 2.45) is 0 Å².